The summed E-state index contributed by atoms with van der Waals surface area (Å²) in [4.78, 5) is 28.2. The molecular formula is C18H18N4O4. The third kappa shape index (κ3) is 3.59. The van der Waals surface area contributed by atoms with E-state index in [4.69, 9.17) is 9.47 Å². The van der Waals surface area contributed by atoms with E-state index in [2.05, 4.69) is 15.7 Å². The summed E-state index contributed by atoms with van der Waals surface area (Å²) in [6.45, 7) is 0.229. The number of amides is 2. The predicted molar refractivity (Wildman–Crippen MR) is 95.7 cm³/mol. The van der Waals surface area contributed by atoms with Crippen LogP contribution in [0.1, 0.15) is 15.9 Å². The number of carbonyl (C=O) groups excluding carboxylic acids is 2. The van der Waals surface area contributed by atoms with E-state index in [1.54, 1.807) is 22.9 Å². The maximum Gasteiger partial charge on any atom is 0.341 e. The van der Waals surface area contributed by atoms with E-state index in [1.807, 2.05) is 24.3 Å². The van der Waals surface area contributed by atoms with E-state index >= 15 is 0 Å². The lowest BCUT2D eigenvalue weighted by molar-refractivity contribution is 0.0597. The van der Waals surface area contributed by atoms with E-state index in [9.17, 15) is 9.59 Å². The molecule has 3 rings (SSSR count). The van der Waals surface area contributed by atoms with Crippen molar-refractivity contribution in [1.82, 2.24) is 15.0 Å². The zero-order valence-electron chi connectivity index (χ0n) is 14.4. The number of rotatable bonds is 5. The number of esters is 1. The molecule has 0 saturated heterocycles. The molecule has 134 valence electrons. The minimum Gasteiger partial charge on any atom is -0.496 e. The molecule has 0 spiro atoms. The normalized spacial score (nSPS) is 10.4. The van der Waals surface area contributed by atoms with Gasteiger partial charge in [0, 0.05) is 6.54 Å². The van der Waals surface area contributed by atoms with Gasteiger partial charge in [-0.15, -0.1) is 0 Å². The molecule has 1 heterocycles. The number of methoxy groups -OCH3 is 2. The molecule has 0 aliphatic heterocycles. The largest absolute Gasteiger partial charge is 0.496 e. The van der Waals surface area contributed by atoms with Gasteiger partial charge in [0.1, 0.15) is 17.6 Å². The number of nitrogens with zero attached hydrogens (tertiary/aromatic N) is 2. The summed E-state index contributed by atoms with van der Waals surface area (Å²) in [7, 11) is 2.78. The summed E-state index contributed by atoms with van der Waals surface area (Å²) in [5.41, 5.74) is 5.30. The Morgan fingerprint density at radius 2 is 1.96 bits per heavy atom. The van der Waals surface area contributed by atoms with E-state index in [1.165, 1.54) is 20.5 Å². The third-order valence-corrected chi connectivity index (χ3v) is 3.80. The number of imidazole rings is 1. The molecule has 2 aromatic carbocycles. The molecule has 1 aromatic heterocycles. The first-order chi connectivity index (χ1) is 12.6. The van der Waals surface area contributed by atoms with Crippen molar-refractivity contribution in [3.63, 3.8) is 0 Å². The van der Waals surface area contributed by atoms with Gasteiger partial charge >= 0.3 is 12.0 Å². The molecule has 2 N–H and O–H groups in total. The van der Waals surface area contributed by atoms with Crippen LogP contribution < -0.4 is 15.5 Å². The summed E-state index contributed by atoms with van der Waals surface area (Å²) < 4.78 is 11.4. The highest BCUT2D eigenvalue weighted by Crippen LogP contribution is 2.20. The molecule has 0 radical (unpaired) electrons. The van der Waals surface area contributed by atoms with Crippen LogP contribution in [0.2, 0.25) is 0 Å². The van der Waals surface area contributed by atoms with Crippen molar-refractivity contribution >= 4 is 23.0 Å². The SMILES string of the molecule is COC(=O)c1cc(CNC(=O)Nn2cnc3ccccc32)ccc1OC. The molecule has 0 aliphatic rings. The molecule has 2 amide bonds. The summed E-state index contributed by atoms with van der Waals surface area (Å²) in [5.74, 6) is -0.0898. The van der Waals surface area contributed by atoms with Crippen LogP contribution in [0.25, 0.3) is 11.0 Å². The maximum atomic E-state index is 12.1. The summed E-state index contributed by atoms with van der Waals surface area (Å²) in [6.07, 6.45) is 1.53. The van der Waals surface area contributed by atoms with Crippen molar-refractivity contribution in [3.05, 3.63) is 59.9 Å². The van der Waals surface area contributed by atoms with Crippen LogP contribution in [0.15, 0.2) is 48.8 Å². The average molecular weight is 354 g/mol. The monoisotopic (exact) mass is 354 g/mol. The Morgan fingerprint density at radius 1 is 1.15 bits per heavy atom. The molecule has 0 aliphatic carbocycles. The Hall–Kier alpha value is -3.55. The minimum absolute atomic E-state index is 0.229. The highest BCUT2D eigenvalue weighted by Gasteiger charge is 2.14. The van der Waals surface area contributed by atoms with Crippen molar-refractivity contribution in [2.75, 3.05) is 19.6 Å². The van der Waals surface area contributed by atoms with E-state index in [0.29, 0.717) is 11.3 Å². The number of ether oxygens (including phenoxy) is 2. The van der Waals surface area contributed by atoms with Crippen molar-refractivity contribution in [2.45, 2.75) is 6.54 Å². The predicted octanol–water partition coefficient (Wildman–Crippen LogP) is 2.28. The Labute approximate surface area is 149 Å². The molecule has 3 aromatic rings. The molecule has 0 fully saturated rings. The average Bonchev–Trinajstić information content (AvgIpc) is 3.08. The molecule has 0 saturated carbocycles. The van der Waals surface area contributed by atoms with Gasteiger partial charge in [-0.1, -0.05) is 18.2 Å². The Morgan fingerprint density at radius 3 is 2.73 bits per heavy atom. The van der Waals surface area contributed by atoms with Gasteiger partial charge in [0.15, 0.2) is 0 Å². The van der Waals surface area contributed by atoms with Gasteiger partial charge in [-0.2, -0.15) is 0 Å². The van der Waals surface area contributed by atoms with Crippen LogP contribution in [-0.4, -0.2) is 35.9 Å². The first-order valence-corrected chi connectivity index (χ1v) is 7.84. The second-order valence-corrected chi connectivity index (χ2v) is 5.42. The van der Waals surface area contributed by atoms with E-state index < -0.39 is 12.0 Å². The van der Waals surface area contributed by atoms with Crippen molar-refractivity contribution in [2.24, 2.45) is 0 Å². The third-order valence-electron chi connectivity index (χ3n) is 3.80. The standard InChI is InChI=1S/C18H18N4O4/c1-25-16-8-7-12(9-13(16)17(23)26-2)10-19-18(24)21-22-11-20-14-5-3-4-6-15(14)22/h3-9,11H,10H2,1-2H3,(H2,19,21,24). The van der Waals surface area contributed by atoms with Gasteiger partial charge in [-0.3, -0.25) is 0 Å². The number of para-hydroxylation sites is 2. The Bertz CT molecular complexity index is 951. The van der Waals surface area contributed by atoms with Gasteiger partial charge in [0.05, 0.1) is 25.3 Å². The number of fused-ring (bicyclic) bond motifs is 1. The van der Waals surface area contributed by atoms with E-state index in [0.717, 1.165) is 16.6 Å². The van der Waals surface area contributed by atoms with E-state index in [-0.39, 0.29) is 6.54 Å². The van der Waals surface area contributed by atoms with Gasteiger partial charge in [0.2, 0.25) is 0 Å². The molecular weight excluding hydrogens is 336 g/mol. The Kier molecular flexibility index (Phi) is 5.02. The van der Waals surface area contributed by atoms with Crippen LogP contribution in [0.3, 0.4) is 0 Å². The van der Waals surface area contributed by atoms with Crippen LogP contribution in [0, 0.1) is 0 Å². The lowest BCUT2D eigenvalue weighted by Crippen LogP contribution is -2.33. The zero-order chi connectivity index (χ0) is 18.5. The Balaban J connectivity index is 1.67. The van der Waals surface area contributed by atoms with Crippen molar-refractivity contribution < 1.29 is 19.1 Å². The maximum absolute atomic E-state index is 12.1. The van der Waals surface area contributed by atoms with Crippen LogP contribution in [-0.2, 0) is 11.3 Å². The van der Waals surface area contributed by atoms with Crippen LogP contribution >= 0.6 is 0 Å². The smallest absolute Gasteiger partial charge is 0.341 e. The number of hydrogen-bond donors (Lipinski definition) is 2. The summed E-state index contributed by atoms with van der Waals surface area (Å²) in [6, 6.07) is 12.1. The molecule has 0 unspecified atom stereocenters. The second-order valence-electron chi connectivity index (χ2n) is 5.42. The lowest BCUT2D eigenvalue weighted by atomic mass is 10.1. The number of carbonyl (C=O) groups is 2. The highest BCUT2D eigenvalue weighted by molar-refractivity contribution is 5.92. The van der Waals surface area contributed by atoms with Gasteiger partial charge in [0.25, 0.3) is 0 Å². The summed E-state index contributed by atoms with van der Waals surface area (Å²) >= 11 is 0. The van der Waals surface area contributed by atoms with Crippen molar-refractivity contribution in [3.8, 4) is 5.75 Å². The molecule has 0 bridgehead atoms. The van der Waals surface area contributed by atoms with Gasteiger partial charge in [-0.25, -0.2) is 24.7 Å². The first kappa shape index (κ1) is 17.3. The number of hydrogen-bond acceptors (Lipinski definition) is 5. The zero-order valence-corrected chi connectivity index (χ0v) is 14.4. The molecule has 26 heavy (non-hydrogen) atoms. The first-order valence-electron chi connectivity index (χ1n) is 7.84. The number of urea groups is 1. The number of aromatic nitrogens is 2. The quantitative estimate of drug-likeness (QED) is 0.686. The fourth-order valence-corrected chi connectivity index (χ4v) is 2.51. The highest BCUT2D eigenvalue weighted by atomic mass is 16.5. The number of nitrogens with one attached hydrogen (secondary N) is 2. The van der Waals surface area contributed by atoms with Crippen LogP contribution in [0.4, 0.5) is 4.79 Å². The molecule has 8 nitrogen and oxygen atoms in total. The van der Waals surface area contributed by atoms with Gasteiger partial charge < -0.3 is 14.8 Å². The second kappa shape index (κ2) is 7.56. The molecule has 0 atom stereocenters. The fourth-order valence-electron chi connectivity index (χ4n) is 2.51. The van der Waals surface area contributed by atoms with Gasteiger partial charge in [-0.05, 0) is 29.8 Å². The minimum atomic E-state index is -0.502. The number of benzene rings is 2. The lowest BCUT2D eigenvalue weighted by Gasteiger charge is -2.11. The fraction of sp³-hybridized carbons (Fsp3) is 0.167. The van der Waals surface area contributed by atoms with Crippen LogP contribution in [0.5, 0.6) is 5.75 Å². The topological polar surface area (TPSA) is 94.5 Å². The van der Waals surface area contributed by atoms with Crippen molar-refractivity contribution in [1.29, 1.82) is 0 Å². The summed E-state index contributed by atoms with van der Waals surface area (Å²) in [5, 5.41) is 2.73. The molecule has 8 heteroatoms.